The minimum Gasteiger partial charge on any atom is -0.372 e. The molecule has 7 heteroatoms. The Morgan fingerprint density at radius 1 is 1.45 bits per heavy atom. The number of sulfonamides is 1. The van der Waals surface area contributed by atoms with Gasteiger partial charge < -0.3 is 9.47 Å². The van der Waals surface area contributed by atoms with Crippen molar-refractivity contribution < 1.29 is 17.9 Å². The van der Waals surface area contributed by atoms with Crippen LogP contribution in [0, 0.1) is 6.92 Å². The van der Waals surface area contributed by atoms with Crippen molar-refractivity contribution in [3.8, 4) is 0 Å². The van der Waals surface area contributed by atoms with E-state index >= 15 is 0 Å². The van der Waals surface area contributed by atoms with Crippen LogP contribution in [0.4, 0.5) is 0 Å². The first-order chi connectivity index (χ1) is 10.4. The Balaban J connectivity index is 1.54. The van der Waals surface area contributed by atoms with E-state index in [0.717, 1.165) is 24.2 Å². The number of ether oxygens (including phenoxy) is 2. The highest BCUT2D eigenvalue weighted by Crippen LogP contribution is 2.36. The normalized spacial score (nSPS) is 25.1. The van der Waals surface area contributed by atoms with E-state index in [0.29, 0.717) is 26.3 Å². The molecule has 1 unspecified atom stereocenters. The third-order valence-electron chi connectivity index (χ3n) is 4.26. The molecular weight excluding hydrogens is 304 g/mol. The van der Waals surface area contributed by atoms with Crippen molar-refractivity contribution in [3.05, 3.63) is 29.6 Å². The molecule has 1 atom stereocenters. The summed E-state index contributed by atoms with van der Waals surface area (Å²) in [5.74, 6) is 0. The Labute approximate surface area is 131 Å². The van der Waals surface area contributed by atoms with E-state index in [-0.39, 0.29) is 11.7 Å². The lowest BCUT2D eigenvalue weighted by Crippen LogP contribution is -2.67. The van der Waals surface area contributed by atoms with E-state index in [1.165, 1.54) is 10.6 Å². The van der Waals surface area contributed by atoms with E-state index in [2.05, 4.69) is 4.98 Å². The van der Waals surface area contributed by atoms with E-state index in [1.54, 1.807) is 0 Å². The number of hydrogen-bond acceptors (Lipinski definition) is 5. The maximum Gasteiger partial charge on any atom is 0.211 e. The van der Waals surface area contributed by atoms with Crippen molar-refractivity contribution in [1.29, 1.82) is 0 Å². The average molecular weight is 326 g/mol. The summed E-state index contributed by atoms with van der Waals surface area (Å²) in [6, 6.07) is 5.89. The average Bonchev–Trinajstić information content (AvgIpc) is 2.42. The molecule has 0 aromatic carbocycles. The van der Waals surface area contributed by atoms with E-state index in [9.17, 15) is 8.42 Å². The van der Waals surface area contributed by atoms with Crippen LogP contribution in [0.2, 0.25) is 0 Å². The van der Waals surface area contributed by atoms with E-state index < -0.39 is 10.0 Å². The summed E-state index contributed by atoms with van der Waals surface area (Å²) < 4.78 is 36.2. The molecule has 2 aliphatic heterocycles. The highest BCUT2D eigenvalue weighted by molar-refractivity contribution is 7.88. The van der Waals surface area contributed by atoms with Crippen molar-refractivity contribution in [2.75, 3.05) is 26.0 Å². The SMILES string of the molecule is Cc1cccc(COC2CCOC3(C2)CN(S(C)(=O)=O)C3)n1. The van der Waals surface area contributed by atoms with Crippen molar-refractivity contribution in [1.82, 2.24) is 9.29 Å². The van der Waals surface area contributed by atoms with Crippen LogP contribution >= 0.6 is 0 Å². The van der Waals surface area contributed by atoms with Gasteiger partial charge in [-0.05, 0) is 25.5 Å². The third kappa shape index (κ3) is 3.48. The first-order valence-electron chi connectivity index (χ1n) is 7.50. The quantitative estimate of drug-likeness (QED) is 0.829. The molecule has 3 heterocycles. The van der Waals surface area contributed by atoms with E-state index in [1.807, 2.05) is 25.1 Å². The van der Waals surface area contributed by atoms with Crippen molar-refractivity contribution in [3.63, 3.8) is 0 Å². The minimum absolute atomic E-state index is 0.0952. The summed E-state index contributed by atoms with van der Waals surface area (Å²) in [6.07, 6.45) is 2.91. The Morgan fingerprint density at radius 2 is 2.23 bits per heavy atom. The fourth-order valence-corrected chi connectivity index (χ4v) is 4.00. The number of pyridine rings is 1. The number of aromatic nitrogens is 1. The summed E-state index contributed by atoms with van der Waals surface area (Å²) in [7, 11) is -3.12. The molecular formula is C15H22N2O4S. The van der Waals surface area contributed by atoms with Gasteiger partial charge in [0.1, 0.15) is 0 Å². The van der Waals surface area contributed by atoms with Gasteiger partial charge in [-0.1, -0.05) is 6.07 Å². The highest BCUT2D eigenvalue weighted by Gasteiger charge is 2.50. The molecule has 1 spiro atoms. The second-order valence-corrected chi connectivity index (χ2v) is 8.24. The van der Waals surface area contributed by atoms with Crippen molar-refractivity contribution >= 4 is 10.0 Å². The zero-order chi connectivity index (χ0) is 15.8. The predicted octanol–water partition coefficient (Wildman–Crippen LogP) is 1.10. The maximum absolute atomic E-state index is 11.5. The molecule has 1 aromatic rings. The Kier molecular flexibility index (Phi) is 4.24. The summed E-state index contributed by atoms with van der Waals surface area (Å²) in [5.41, 5.74) is 1.55. The van der Waals surface area contributed by atoms with Gasteiger partial charge in [-0.15, -0.1) is 0 Å². The van der Waals surface area contributed by atoms with Crippen LogP contribution in [0.25, 0.3) is 0 Å². The molecule has 0 saturated carbocycles. The van der Waals surface area contributed by atoms with Crippen LogP contribution in [0.5, 0.6) is 0 Å². The molecule has 0 aliphatic carbocycles. The first-order valence-corrected chi connectivity index (χ1v) is 9.34. The third-order valence-corrected chi connectivity index (χ3v) is 5.45. The number of rotatable bonds is 4. The van der Waals surface area contributed by atoms with Gasteiger partial charge in [0.15, 0.2) is 0 Å². The largest absolute Gasteiger partial charge is 0.372 e. The standard InChI is InChI=1S/C15H22N2O4S/c1-12-4-3-5-13(16-12)9-20-14-6-7-21-15(8-14)10-17(11-15)22(2,18)19/h3-5,14H,6-11H2,1-2H3. The number of aryl methyl sites for hydroxylation is 1. The molecule has 0 N–H and O–H groups in total. The fraction of sp³-hybridized carbons (Fsp3) is 0.667. The summed E-state index contributed by atoms with van der Waals surface area (Å²) >= 11 is 0. The molecule has 1 aromatic heterocycles. The smallest absolute Gasteiger partial charge is 0.211 e. The molecule has 6 nitrogen and oxygen atoms in total. The fourth-order valence-electron chi connectivity index (χ4n) is 3.06. The molecule has 2 fully saturated rings. The van der Waals surface area contributed by atoms with Crippen LogP contribution in [0.1, 0.15) is 24.2 Å². The van der Waals surface area contributed by atoms with Crippen LogP contribution in [0.15, 0.2) is 18.2 Å². The maximum atomic E-state index is 11.5. The molecule has 2 saturated heterocycles. The Hall–Kier alpha value is -1.02. The number of hydrogen-bond donors (Lipinski definition) is 0. The van der Waals surface area contributed by atoms with Gasteiger partial charge in [0.25, 0.3) is 0 Å². The first kappa shape index (κ1) is 15.9. The topological polar surface area (TPSA) is 68.7 Å². The zero-order valence-corrected chi connectivity index (χ0v) is 13.8. The molecule has 3 rings (SSSR count). The molecule has 22 heavy (non-hydrogen) atoms. The minimum atomic E-state index is -3.12. The van der Waals surface area contributed by atoms with Crippen LogP contribution < -0.4 is 0 Å². The summed E-state index contributed by atoms with van der Waals surface area (Å²) in [6.45, 7) is 3.94. The second kappa shape index (κ2) is 5.88. The lowest BCUT2D eigenvalue weighted by molar-refractivity contribution is -0.180. The summed E-state index contributed by atoms with van der Waals surface area (Å²) in [5, 5.41) is 0. The van der Waals surface area contributed by atoms with Gasteiger partial charge in [0.05, 0.1) is 30.3 Å². The van der Waals surface area contributed by atoms with Crippen LogP contribution in [-0.4, -0.2) is 55.4 Å². The highest BCUT2D eigenvalue weighted by atomic mass is 32.2. The molecule has 0 radical (unpaired) electrons. The van der Waals surface area contributed by atoms with Gasteiger partial charge in [0, 0.05) is 31.8 Å². The molecule has 2 aliphatic rings. The van der Waals surface area contributed by atoms with Crippen molar-refractivity contribution in [2.24, 2.45) is 0 Å². The molecule has 0 amide bonds. The second-order valence-electron chi connectivity index (χ2n) is 6.26. The van der Waals surface area contributed by atoms with Crippen molar-refractivity contribution in [2.45, 2.75) is 38.1 Å². The molecule has 0 bridgehead atoms. The predicted molar refractivity (Wildman–Crippen MR) is 81.9 cm³/mol. The van der Waals surface area contributed by atoms with Gasteiger partial charge in [-0.25, -0.2) is 8.42 Å². The Morgan fingerprint density at radius 3 is 2.91 bits per heavy atom. The lowest BCUT2D eigenvalue weighted by Gasteiger charge is -2.51. The number of nitrogens with zero attached hydrogens (tertiary/aromatic N) is 2. The van der Waals surface area contributed by atoms with Crippen LogP contribution in [-0.2, 0) is 26.1 Å². The summed E-state index contributed by atoms with van der Waals surface area (Å²) in [4.78, 5) is 4.43. The lowest BCUT2D eigenvalue weighted by atomic mass is 9.86. The Bertz CT molecular complexity index is 641. The van der Waals surface area contributed by atoms with Crippen LogP contribution in [0.3, 0.4) is 0 Å². The van der Waals surface area contributed by atoms with Gasteiger partial charge in [-0.3, -0.25) is 4.98 Å². The zero-order valence-electron chi connectivity index (χ0n) is 13.0. The van der Waals surface area contributed by atoms with Gasteiger partial charge in [-0.2, -0.15) is 4.31 Å². The monoisotopic (exact) mass is 326 g/mol. The van der Waals surface area contributed by atoms with Gasteiger partial charge >= 0.3 is 0 Å². The van der Waals surface area contributed by atoms with E-state index in [4.69, 9.17) is 9.47 Å². The molecule has 122 valence electrons. The van der Waals surface area contributed by atoms with Gasteiger partial charge in [0.2, 0.25) is 10.0 Å².